The molecule has 1 aliphatic rings. The van der Waals surface area contributed by atoms with E-state index >= 15 is 0 Å². The van der Waals surface area contributed by atoms with Gasteiger partial charge in [-0.15, -0.1) is 11.3 Å². The minimum absolute atomic E-state index is 0.0894. The number of sulfonamides is 1. The molecule has 1 fully saturated rings. The number of halogens is 1. The molecule has 4 N–H and O–H groups in total. The third kappa shape index (κ3) is 6.21. The van der Waals surface area contributed by atoms with E-state index in [0.717, 1.165) is 21.9 Å². The van der Waals surface area contributed by atoms with Crippen LogP contribution in [-0.2, 0) is 16.6 Å². The van der Waals surface area contributed by atoms with Crippen molar-refractivity contribution in [1.82, 2.24) is 9.62 Å². The predicted octanol–water partition coefficient (Wildman–Crippen LogP) is 3.70. The number of primary amides is 1. The highest BCUT2D eigenvalue weighted by molar-refractivity contribution is 7.91. The summed E-state index contributed by atoms with van der Waals surface area (Å²) in [6, 6.07) is 16.9. The molecule has 1 aliphatic heterocycles. The number of hydrogen-bond donors (Lipinski definition) is 3. The third-order valence-electron chi connectivity index (χ3n) is 5.73. The van der Waals surface area contributed by atoms with Crippen LogP contribution >= 0.6 is 22.9 Å². The lowest BCUT2D eigenvalue weighted by atomic mass is 10.1. The number of amides is 2. The Morgan fingerprint density at radius 1 is 1.03 bits per heavy atom. The Labute approximate surface area is 213 Å². The largest absolute Gasteiger partial charge is 0.382 e. The Bertz CT molecular complexity index is 1320. The maximum absolute atomic E-state index is 13.1. The van der Waals surface area contributed by atoms with Crippen molar-refractivity contribution in [3.05, 3.63) is 81.7 Å². The molecule has 0 unspecified atom stereocenters. The molecule has 0 bridgehead atoms. The van der Waals surface area contributed by atoms with E-state index in [1.165, 1.54) is 4.31 Å². The highest BCUT2D eigenvalue weighted by Crippen LogP contribution is 2.28. The smallest absolute Gasteiger partial charge is 0.252 e. The monoisotopic (exact) mass is 532 g/mol. The van der Waals surface area contributed by atoms with Gasteiger partial charge in [0, 0.05) is 45.8 Å². The third-order valence-corrected chi connectivity index (χ3v) is 9.44. The van der Waals surface area contributed by atoms with Crippen molar-refractivity contribution in [3.8, 4) is 0 Å². The van der Waals surface area contributed by atoms with Gasteiger partial charge in [0.15, 0.2) is 0 Å². The number of nitrogens with one attached hydrogen (secondary N) is 2. The normalized spacial score (nSPS) is 15.0. The molecule has 1 saturated heterocycles. The molecule has 1 aromatic heterocycles. The number of benzene rings is 2. The summed E-state index contributed by atoms with van der Waals surface area (Å²) >= 11 is 7.01. The molecule has 0 spiro atoms. The topological polar surface area (TPSA) is 122 Å². The van der Waals surface area contributed by atoms with Crippen LogP contribution in [-0.4, -0.2) is 43.7 Å². The van der Waals surface area contributed by atoms with Crippen LogP contribution in [0.25, 0.3) is 0 Å². The molecule has 184 valence electrons. The van der Waals surface area contributed by atoms with Gasteiger partial charge in [0.2, 0.25) is 5.91 Å². The summed E-state index contributed by atoms with van der Waals surface area (Å²) in [5.74, 6) is -0.746. The van der Waals surface area contributed by atoms with Gasteiger partial charge in [0.1, 0.15) is 4.21 Å². The van der Waals surface area contributed by atoms with E-state index in [1.807, 2.05) is 6.07 Å². The van der Waals surface area contributed by atoms with Gasteiger partial charge in [0.05, 0.1) is 6.54 Å². The summed E-state index contributed by atoms with van der Waals surface area (Å²) in [6.45, 7) is 1.00. The van der Waals surface area contributed by atoms with Crippen molar-refractivity contribution in [2.75, 3.05) is 18.4 Å². The number of carbonyl (C=O) groups excluding carboxylic acids is 2. The first-order chi connectivity index (χ1) is 16.7. The summed E-state index contributed by atoms with van der Waals surface area (Å²) in [7, 11) is -3.62. The average molecular weight is 533 g/mol. The maximum Gasteiger partial charge on any atom is 0.252 e. The maximum atomic E-state index is 13.1. The summed E-state index contributed by atoms with van der Waals surface area (Å²) < 4.78 is 28.0. The standard InChI is InChI=1S/C24H25ClN4O4S2/c25-18-6-4-16(5-7-18)24(31)27-15-21-8-9-22(34-21)35(32,33)29-12-10-19(11-13-29)28-20-3-1-2-17(14-20)23(26)30/h1-9,14,19,28H,10-13,15H2,(H2,26,30)(H,27,31). The van der Waals surface area contributed by atoms with E-state index in [1.54, 1.807) is 54.6 Å². The molecule has 2 amide bonds. The van der Waals surface area contributed by atoms with Crippen molar-refractivity contribution in [2.45, 2.75) is 29.6 Å². The zero-order valence-electron chi connectivity index (χ0n) is 18.7. The lowest BCUT2D eigenvalue weighted by molar-refractivity contribution is 0.0950. The molecule has 0 radical (unpaired) electrons. The fourth-order valence-electron chi connectivity index (χ4n) is 3.83. The van der Waals surface area contributed by atoms with Crippen LogP contribution in [0, 0.1) is 0 Å². The van der Waals surface area contributed by atoms with Gasteiger partial charge in [-0.25, -0.2) is 8.42 Å². The van der Waals surface area contributed by atoms with E-state index in [9.17, 15) is 18.0 Å². The van der Waals surface area contributed by atoms with Gasteiger partial charge < -0.3 is 16.4 Å². The zero-order valence-corrected chi connectivity index (χ0v) is 21.1. The summed E-state index contributed by atoms with van der Waals surface area (Å²) in [4.78, 5) is 24.4. The highest BCUT2D eigenvalue weighted by Gasteiger charge is 2.30. The van der Waals surface area contributed by atoms with Crippen molar-refractivity contribution < 1.29 is 18.0 Å². The van der Waals surface area contributed by atoms with Crippen molar-refractivity contribution >= 4 is 50.5 Å². The van der Waals surface area contributed by atoms with Crippen LogP contribution in [0.5, 0.6) is 0 Å². The first-order valence-corrected chi connectivity index (χ1v) is 13.6. The number of hydrogen-bond acceptors (Lipinski definition) is 6. The Balaban J connectivity index is 1.31. The fraction of sp³-hybridized carbons (Fsp3) is 0.250. The minimum atomic E-state index is -3.62. The summed E-state index contributed by atoms with van der Waals surface area (Å²) in [6.07, 6.45) is 1.27. The minimum Gasteiger partial charge on any atom is -0.382 e. The summed E-state index contributed by atoms with van der Waals surface area (Å²) in [5, 5.41) is 6.71. The van der Waals surface area contributed by atoms with Crippen molar-refractivity contribution in [1.29, 1.82) is 0 Å². The molecular weight excluding hydrogens is 508 g/mol. The number of rotatable bonds is 8. The molecular formula is C24H25ClN4O4S2. The number of nitrogens with zero attached hydrogens (tertiary/aromatic N) is 1. The van der Waals surface area contributed by atoms with Gasteiger partial charge in [-0.3, -0.25) is 9.59 Å². The van der Waals surface area contributed by atoms with Crippen LogP contribution in [0.3, 0.4) is 0 Å². The molecule has 0 atom stereocenters. The molecule has 4 rings (SSSR count). The van der Waals surface area contributed by atoms with E-state index < -0.39 is 15.9 Å². The Hall–Kier alpha value is -2.92. The van der Waals surface area contributed by atoms with Crippen LogP contribution in [0.15, 0.2) is 64.9 Å². The quantitative estimate of drug-likeness (QED) is 0.408. The second-order valence-electron chi connectivity index (χ2n) is 8.18. The first kappa shape index (κ1) is 25.2. The molecule has 2 aromatic carbocycles. The number of anilines is 1. The van der Waals surface area contributed by atoms with Gasteiger partial charge >= 0.3 is 0 Å². The van der Waals surface area contributed by atoms with Gasteiger partial charge in [-0.2, -0.15) is 4.31 Å². The van der Waals surface area contributed by atoms with E-state index in [4.69, 9.17) is 17.3 Å². The van der Waals surface area contributed by atoms with Crippen LogP contribution in [0.1, 0.15) is 38.4 Å². The van der Waals surface area contributed by atoms with Gasteiger partial charge in [-0.1, -0.05) is 17.7 Å². The van der Waals surface area contributed by atoms with Gasteiger partial charge in [0.25, 0.3) is 15.9 Å². The molecule has 11 heteroatoms. The zero-order chi connectivity index (χ0) is 25.0. The van der Waals surface area contributed by atoms with Crippen molar-refractivity contribution in [2.24, 2.45) is 5.73 Å². The Kier molecular flexibility index (Phi) is 7.75. The lowest BCUT2D eigenvalue weighted by Crippen LogP contribution is -2.42. The van der Waals surface area contributed by atoms with E-state index in [2.05, 4.69) is 10.6 Å². The number of nitrogens with two attached hydrogens (primary N) is 1. The predicted molar refractivity (Wildman–Crippen MR) is 137 cm³/mol. The molecule has 8 nitrogen and oxygen atoms in total. The highest BCUT2D eigenvalue weighted by atomic mass is 35.5. The fourth-order valence-corrected chi connectivity index (χ4v) is 6.87. The first-order valence-electron chi connectivity index (χ1n) is 11.0. The number of piperidine rings is 1. The van der Waals surface area contributed by atoms with Crippen LogP contribution < -0.4 is 16.4 Å². The molecule has 0 aliphatic carbocycles. The van der Waals surface area contributed by atoms with Crippen molar-refractivity contribution in [3.63, 3.8) is 0 Å². The molecule has 2 heterocycles. The molecule has 0 saturated carbocycles. The lowest BCUT2D eigenvalue weighted by Gasteiger charge is -2.31. The van der Waals surface area contributed by atoms with E-state index in [-0.39, 0.29) is 22.7 Å². The van der Waals surface area contributed by atoms with Crippen LogP contribution in [0.2, 0.25) is 5.02 Å². The van der Waals surface area contributed by atoms with E-state index in [0.29, 0.717) is 42.1 Å². The number of carbonyl (C=O) groups is 2. The Morgan fingerprint density at radius 2 is 1.74 bits per heavy atom. The van der Waals surface area contributed by atoms with Crippen LogP contribution in [0.4, 0.5) is 5.69 Å². The second-order valence-corrected chi connectivity index (χ2v) is 11.9. The Morgan fingerprint density at radius 3 is 2.43 bits per heavy atom. The summed E-state index contributed by atoms with van der Waals surface area (Å²) in [5.41, 5.74) is 7.03. The number of thiophene rings is 1. The molecule has 35 heavy (non-hydrogen) atoms. The van der Waals surface area contributed by atoms with Gasteiger partial charge in [-0.05, 0) is 67.4 Å². The SMILES string of the molecule is NC(=O)c1cccc(NC2CCN(S(=O)(=O)c3ccc(CNC(=O)c4ccc(Cl)cc4)s3)CC2)c1. The average Bonchev–Trinajstić information content (AvgIpc) is 3.34. The molecule has 3 aromatic rings. The second kappa shape index (κ2) is 10.8.